The molecule has 0 bridgehead atoms. The second-order valence-electron chi connectivity index (χ2n) is 11.6. The maximum Gasteiger partial charge on any atom is 0.407 e. The van der Waals surface area contributed by atoms with Gasteiger partial charge in [-0.3, -0.25) is 14.5 Å². The monoisotopic (exact) mass is 567 g/mol. The van der Waals surface area contributed by atoms with E-state index < -0.39 is 63.3 Å². The molecule has 1 spiro atoms. The van der Waals surface area contributed by atoms with E-state index in [4.69, 9.17) is 4.74 Å². The molecule has 2 aliphatic heterocycles. The number of sulfonamides is 1. The van der Waals surface area contributed by atoms with Crippen LogP contribution in [0.4, 0.5) is 10.5 Å². The van der Waals surface area contributed by atoms with Crippen molar-refractivity contribution < 1.29 is 32.6 Å². The number of hydrogen-bond donors (Lipinski definition) is 2. The summed E-state index contributed by atoms with van der Waals surface area (Å²) in [5, 5.41) is 14.6. The quantitative estimate of drug-likeness (QED) is 0.530. The Bertz CT molecular complexity index is 1440. The maximum absolute atomic E-state index is 14.1. The third-order valence-corrected chi connectivity index (χ3v) is 10.9. The molecular weight excluding hydrogens is 534 g/mol. The van der Waals surface area contributed by atoms with Crippen LogP contribution in [0.2, 0.25) is 0 Å². The van der Waals surface area contributed by atoms with E-state index in [-0.39, 0.29) is 30.4 Å². The lowest BCUT2D eigenvalue weighted by Gasteiger charge is -2.49. The number of imide groups is 1. The van der Waals surface area contributed by atoms with Gasteiger partial charge in [0.05, 0.1) is 28.5 Å². The Labute approximate surface area is 233 Å². The number of nitrogens with one attached hydrogen (secondary N) is 1. The van der Waals surface area contributed by atoms with Gasteiger partial charge in [-0.2, -0.15) is 4.31 Å². The van der Waals surface area contributed by atoms with Gasteiger partial charge >= 0.3 is 6.09 Å². The van der Waals surface area contributed by atoms with Crippen LogP contribution < -0.4 is 10.2 Å². The highest BCUT2D eigenvalue weighted by Crippen LogP contribution is 2.58. The second kappa shape index (κ2) is 9.67. The van der Waals surface area contributed by atoms with Crippen LogP contribution in [0, 0.1) is 30.1 Å². The zero-order valence-electron chi connectivity index (χ0n) is 22.4. The first kappa shape index (κ1) is 26.9. The van der Waals surface area contributed by atoms with Crippen LogP contribution in [0.1, 0.15) is 31.7 Å². The van der Waals surface area contributed by atoms with Gasteiger partial charge in [-0.05, 0) is 56.4 Å². The first-order valence-electron chi connectivity index (χ1n) is 13.7. The van der Waals surface area contributed by atoms with Crippen LogP contribution in [-0.2, 0) is 24.3 Å². The smallest absolute Gasteiger partial charge is 0.407 e. The van der Waals surface area contributed by atoms with Gasteiger partial charge in [-0.1, -0.05) is 42.8 Å². The molecule has 0 radical (unpaired) electrons. The highest BCUT2D eigenvalue weighted by Gasteiger charge is 2.70. The van der Waals surface area contributed by atoms with Gasteiger partial charge < -0.3 is 15.2 Å². The summed E-state index contributed by atoms with van der Waals surface area (Å²) in [5.74, 6) is -3.27. The molecule has 2 aromatic rings. The molecule has 2 heterocycles. The van der Waals surface area contributed by atoms with E-state index in [0.717, 1.165) is 23.3 Å². The van der Waals surface area contributed by atoms with Gasteiger partial charge in [0, 0.05) is 24.5 Å². The number of aliphatic hydroxyl groups excluding tert-OH is 1. The Morgan fingerprint density at radius 1 is 1.05 bits per heavy atom. The Hall–Kier alpha value is -3.28. The number of carbonyl (C=O) groups is 3. The number of anilines is 1. The summed E-state index contributed by atoms with van der Waals surface area (Å²) in [6.07, 6.45) is -1.47. The minimum atomic E-state index is -3.97. The molecular formula is C29H33N3O7S. The zero-order valence-corrected chi connectivity index (χ0v) is 23.2. The molecule has 4 fully saturated rings. The first-order valence-corrected chi connectivity index (χ1v) is 15.1. The van der Waals surface area contributed by atoms with Gasteiger partial charge in [0.25, 0.3) is 0 Å². The number of benzene rings is 2. The molecule has 2 aliphatic carbocycles. The average molecular weight is 568 g/mol. The molecule has 3 amide bonds. The molecule has 2 saturated heterocycles. The third-order valence-electron chi connectivity index (χ3n) is 9.07. The number of ether oxygens (including phenoxy) is 1. The second-order valence-corrected chi connectivity index (χ2v) is 13.5. The lowest BCUT2D eigenvalue weighted by atomic mass is 9.56. The fraction of sp³-hybridized carbons (Fsp3) is 0.483. The predicted molar refractivity (Wildman–Crippen MR) is 145 cm³/mol. The van der Waals surface area contributed by atoms with E-state index in [0.29, 0.717) is 5.69 Å². The van der Waals surface area contributed by atoms with E-state index >= 15 is 0 Å². The summed E-state index contributed by atoms with van der Waals surface area (Å²) in [5.41, 5.74) is -0.0202. The highest BCUT2D eigenvalue weighted by atomic mass is 32.2. The standard InChI is InChI=1S/C29H33N3O7S/c1-17-8-12-21(13-9-17)40(37,38)31-15-18(2)29(16-31)24-22(14-23(25(29)33)39-28(36)30-19-10-11-19)26(34)32(27(24)35)20-6-4-3-5-7-20/h3-9,12-13,18-19,22-25,33H,10-11,14-16H2,1-2H3,(H,30,36)/t18-,22-,23-,24+,25-,29+/m1/s1. The Morgan fingerprint density at radius 2 is 1.73 bits per heavy atom. The largest absolute Gasteiger partial charge is 0.443 e. The molecule has 4 aliphatic rings. The van der Waals surface area contributed by atoms with Crippen LogP contribution in [-0.4, -0.2) is 67.1 Å². The lowest BCUT2D eigenvalue weighted by Crippen LogP contribution is -2.61. The van der Waals surface area contributed by atoms with E-state index in [1.165, 1.54) is 16.4 Å². The predicted octanol–water partition coefficient (Wildman–Crippen LogP) is 2.45. The first-order chi connectivity index (χ1) is 19.0. The zero-order chi connectivity index (χ0) is 28.4. The van der Waals surface area contributed by atoms with E-state index in [9.17, 15) is 27.9 Å². The molecule has 10 nitrogen and oxygen atoms in total. The Morgan fingerprint density at radius 3 is 2.38 bits per heavy atom. The van der Waals surface area contributed by atoms with Crippen LogP contribution in [0.3, 0.4) is 0 Å². The van der Waals surface area contributed by atoms with Crippen molar-refractivity contribution in [1.82, 2.24) is 9.62 Å². The normalized spacial score (nSPS) is 32.4. The fourth-order valence-electron chi connectivity index (χ4n) is 6.82. The molecule has 2 aromatic carbocycles. The molecule has 6 rings (SSSR count). The minimum absolute atomic E-state index is 0.0266. The molecule has 212 valence electrons. The van der Waals surface area contributed by atoms with Gasteiger partial charge in [0.1, 0.15) is 6.10 Å². The Kier molecular flexibility index (Phi) is 6.51. The van der Waals surface area contributed by atoms with E-state index in [1.54, 1.807) is 49.4 Å². The molecule has 6 atom stereocenters. The number of carbonyl (C=O) groups excluding carboxylic acids is 3. The fourth-order valence-corrected chi connectivity index (χ4v) is 8.41. The van der Waals surface area contributed by atoms with Crippen molar-refractivity contribution in [3.63, 3.8) is 0 Å². The molecule has 2 saturated carbocycles. The van der Waals surface area contributed by atoms with E-state index in [2.05, 4.69) is 5.32 Å². The van der Waals surface area contributed by atoms with Crippen molar-refractivity contribution in [1.29, 1.82) is 0 Å². The Balaban J connectivity index is 1.40. The minimum Gasteiger partial charge on any atom is -0.443 e. The van der Waals surface area contributed by atoms with Crippen LogP contribution in [0.5, 0.6) is 0 Å². The molecule has 0 aromatic heterocycles. The molecule has 0 unspecified atom stereocenters. The number of alkyl carbamates (subject to hydrolysis) is 1. The number of fused-ring (bicyclic) bond motifs is 2. The summed E-state index contributed by atoms with van der Waals surface area (Å²) in [6, 6.07) is 15.1. The molecule has 40 heavy (non-hydrogen) atoms. The maximum atomic E-state index is 14.1. The number of para-hydroxylation sites is 1. The van der Waals surface area contributed by atoms with Crippen molar-refractivity contribution in [3.05, 3.63) is 60.2 Å². The topological polar surface area (TPSA) is 133 Å². The SMILES string of the molecule is Cc1ccc(S(=O)(=O)N2C[C@@H](C)[C@]3(C2)[C@H](O)[C@H](OC(=O)NC2CC2)C[C@H]2C(=O)N(c4ccccc4)C(=O)[C@H]23)cc1. The number of aliphatic hydroxyl groups is 1. The molecule has 11 heteroatoms. The van der Waals surface area contributed by atoms with Crippen molar-refractivity contribution in [2.24, 2.45) is 23.2 Å². The van der Waals surface area contributed by atoms with Crippen molar-refractivity contribution in [3.8, 4) is 0 Å². The van der Waals surface area contributed by atoms with Crippen LogP contribution in [0.15, 0.2) is 59.5 Å². The molecule has 2 N–H and O–H groups in total. The van der Waals surface area contributed by atoms with Gasteiger partial charge in [0.15, 0.2) is 0 Å². The van der Waals surface area contributed by atoms with Crippen molar-refractivity contribution in [2.45, 2.75) is 56.3 Å². The third kappa shape index (κ3) is 4.22. The summed E-state index contributed by atoms with van der Waals surface area (Å²) < 4.78 is 34.4. The summed E-state index contributed by atoms with van der Waals surface area (Å²) in [4.78, 5) is 41.7. The van der Waals surface area contributed by atoms with Gasteiger partial charge in [-0.15, -0.1) is 0 Å². The average Bonchev–Trinajstić information content (AvgIpc) is 3.61. The lowest BCUT2D eigenvalue weighted by molar-refractivity contribution is -0.163. The van der Waals surface area contributed by atoms with Gasteiger partial charge in [-0.25, -0.2) is 13.2 Å². The van der Waals surface area contributed by atoms with Crippen LogP contribution >= 0.6 is 0 Å². The van der Waals surface area contributed by atoms with Gasteiger partial charge in [0.2, 0.25) is 21.8 Å². The van der Waals surface area contributed by atoms with Crippen LogP contribution in [0.25, 0.3) is 0 Å². The summed E-state index contributed by atoms with van der Waals surface area (Å²) in [6.45, 7) is 3.52. The highest BCUT2D eigenvalue weighted by molar-refractivity contribution is 7.89. The number of amides is 3. The van der Waals surface area contributed by atoms with Crippen molar-refractivity contribution in [2.75, 3.05) is 18.0 Å². The number of nitrogens with zero attached hydrogens (tertiary/aromatic N) is 2. The number of hydrogen-bond acceptors (Lipinski definition) is 7. The number of rotatable bonds is 5. The summed E-state index contributed by atoms with van der Waals surface area (Å²) in [7, 11) is -3.97. The van der Waals surface area contributed by atoms with E-state index in [1.807, 2.05) is 6.92 Å². The van der Waals surface area contributed by atoms with Crippen molar-refractivity contribution >= 4 is 33.6 Å². The summed E-state index contributed by atoms with van der Waals surface area (Å²) >= 11 is 0. The number of aryl methyl sites for hydroxylation is 1.